The molecule has 1 aromatic carbocycles. The highest BCUT2D eigenvalue weighted by molar-refractivity contribution is 5.54. The molecule has 0 aromatic heterocycles. The van der Waals surface area contributed by atoms with E-state index in [1.807, 2.05) is 0 Å². The topological polar surface area (TPSA) is 55.8 Å². The highest BCUT2D eigenvalue weighted by Crippen LogP contribution is 2.35. The Bertz CT molecular complexity index is 335. The Kier molecular flexibility index (Phi) is 4.12. The number of hydrogen-bond donors (Lipinski definition) is 1. The Hall–Kier alpha value is -1.55. The van der Waals surface area contributed by atoms with Gasteiger partial charge >= 0.3 is 0 Å². The molecule has 1 N–H and O–H groups in total. The molecule has 1 atom stereocenters. The van der Waals surface area contributed by atoms with E-state index in [1.165, 1.54) is 14.2 Å². The van der Waals surface area contributed by atoms with Gasteiger partial charge in [0.1, 0.15) is 6.29 Å². The molecule has 15 heavy (non-hydrogen) atoms. The van der Waals surface area contributed by atoms with E-state index in [-0.39, 0.29) is 6.42 Å². The van der Waals surface area contributed by atoms with Gasteiger partial charge in [0.05, 0.1) is 20.3 Å². The number of ether oxygens (including phenoxy) is 2. The second-order valence-corrected chi connectivity index (χ2v) is 3.00. The third-order valence-corrected chi connectivity index (χ3v) is 2.11. The SMILES string of the molecule is COc1cccc(C(O)CC=O)c1OC. The number of aliphatic hydroxyl groups is 1. The number of aliphatic hydroxyl groups excluding tert-OH is 1. The summed E-state index contributed by atoms with van der Waals surface area (Å²) in [5.41, 5.74) is 0.559. The molecule has 0 saturated heterocycles. The summed E-state index contributed by atoms with van der Waals surface area (Å²) in [6.07, 6.45) is -0.139. The third kappa shape index (κ3) is 2.47. The Labute approximate surface area is 88.4 Å². The lowest BCUT2D eigenvalue weighted by Crippen LogP contribution is -2.02. The number of hydrogen-bond acceptors (Lipinski definition) is 4. The molecule has 0 amide bonds. The van der Waals surface area contributed by atoms with Crippen LogP contribution in [0.5, 0.6) is 11.5 Å². The van der Waals surface area contributed by atoms with Gasteiger partial charge in [-0.1, -0.05) is 12.1 Å². The van der Waals surface area contributed by atoms with Crippen LogP contribution in [0.2, 0.25) is 0 Å². The molecule has 0 radical (unpaired) electrons. The highest BCUT2D eigenvalue weighted by atomic mass is 16.5. The maximum Gasteiger partial charge on any atom is 0.166 e. The summed E-state index contributed by atoms with van der Waals surface area (Å²) in [7, 11) is 3.02. The zero-order valence-electron chi connectivity index (χ0n) is 8.77. The minimum Gasteiger partial charge on any atom is -0.493 e. The van der Waals surface area contributed by atoms with Crippen molar-refractivity contribution in [2.24, 2.45) is 0 Å². The van der Waals surface area contributed by atoms with E-state index in [4.69, 9.17) is 9.47 Å². The van der Waals surface area contributed by atoms with Crippen molar-refractivity contribution in [1.82, 2.24) is 0 Å². The van der Waals surface area contributed by atoms with Crippen LogP contribution in [0.25, 0.3) is 0 Å². The maximum absolute atomic E-state index is 10.3. The van der Waals surface area contributed by atoms with Crippen molar-refractivity contribution in [2.45, 2.75) is 12.5 Å². The van der Waals surface area contributed by atoms with E-state index in [2.05, 4.69) is 0 Å². The Morgan fingerprint density at radius 1 is 1.40 bits per heavy atom. The monoisotopic (exact) mass is 210 g/mol. The van der Waals surface area contributed by atoms with Gasteiger partial charge < -0.3 is 19.4 Å². The predicted octanol–water partition coefficient (Wildman–Crippen LogP) is 1.33. The molecule has 0 spiro atoms. The number of benzene rings is 1. The van der Waals surface area contributed by atoms with Gasteiger partial charge in [0.25, 0.3) is 0 Å². The molecule has 1 rings (SSSR count). The van der Waals surface area contributed by atoms with Crippen molar-refractivity contribution in [2.75, 3.05) is 14.2 Å². The molecule has 4 nitrogen and oxygen atoms in total. The summed E-state index contributed by atoms with van der Waals surface area (Å²) in [6, 6.07) is 5.18. The van der Waals surface area contributed by atoms with Crippen LogP contribution in [0.4, 0.5) is 0 Å². The minimum atomic E-state index is -0.854. The number of rotatable bonds is 5. The van der Waals surface area contributed by atoms with Crippen LogP contribution in [0.1, 0.15) is 18.1 Å². The van der Waals surface area contributed by atoms with Crippen LogP contribution in [-0.4, -0.2) is 25.6 Å². The largest absolute Gasteiger partial charge is 0.493 e. The second-order valence-electron chi connectivity index (χ2n) is 3.00. The molecule has 82 valence electrons. The van der Waals surface area contributed by atoms with E-state index in [0.29, 0.717) is 23.3 Å². The fourth-order valence-electron chi connectivity index (χ4n) is 1.39. The zero-order chi connectivity index (χ0) is 11.3. The number of aldehydes is 1. The summed E-state index contributed by atoms with van der Waals surface area (Å²) >= 11 is 0. The van der Waals surface area contributed by atoms with Crippen LogP contribution in [-0.2, 0) is 4.79 Å². The molecular formula is C11H14O4. The molecule has 0 aliphatic heterocycles. The van der Waals surface area contributed by atoms with Crippen molar-refractivity contribution in [3.63, 3.8) is 0 Å². The Morgan fingerprint density at radius 3 is 2.67 bits per heavy atom. The van der Waals surface area contributed by atoms with Crippen LogP contribution in [0.3, 0.4) is 0 Å². The summed E-state index contributed by atoms with van der Waals surface area (Å²) in [5.74, 6) is 1.01. The molecule has 0 saturated carbocycles. The zero-order valence-corrected chi connectivity index (χ0v) is 8.77. The first kappa shape index (κ1) is 11.5. The van der Waals surface area contributed by atoms with Gasteiger partial charge in [0, 0.05) is 12.0 Å². The first-order chi connectivity index (χ1) is 7.24. The average Bonchev–Trinajstić information content (AvgIpc) is 2.28. The van der Waals surface area contributed by atoms with Crippen LogP contribution in [0, 0.1) is 0 Å². The van der Waals surface area contributed by atoms with Gasteiger partial charge in [0.2, 0.25) is 0 Å². The fourth-order valence-corrected chi connectivity index (χ4v) is 1.39. The van der Waals surface area contributed by atoms with Crippen molar-refractivity contribution < 1.29 is 19.4 Å². The Morgan fingerprint density at radius 2 is 2.13 bits per heavy atom. The predicted molar refractivity (Wildman–Crippen MR) is 55.2 cm³/mol. The smallest absolute Gasteiger partial charge is 0.166 e. The molecule has 0 fully saturated rings. The lowest BCUT2D eigenvalue weighted by Gasteiger charge is -2.15. The fraction of sp³-hybridized carbons (Fsp3) is 0.364. The first-order valence-electron chi connectivity index (χ1n) is 4.57. The standard InChI is InChI=1S/C11H14O4/c1-14-10-5-3-4-8(11(10)15-2)9(13)6-7-12/h3-5,7,9,13H,6H2,1-2H3. The molecule has 0 aliphatic rings. The lowest BCUT2D eigenvalue weighted by molar-refractivity contribution is -0.109. The van der Waals surface area contributed by atoms with E-state index < -0.39 is 6.10 Å². The van der Waals surface area contributed by atoms with Gasteiger partial charge in [-0.05, 0) is 6.07 Å². The molecule has 1 aromatic rings. The van der Waals surface area contributed by atoms with E-state index >= 15 is 0 Å². The Balaban J connectivity index is 3.10. The van der Waals surface area contributed by atoms with Crippen LogP contribution < -0.4 is 9.47 Å². The molecule has 1 unspecified atom stereocenters. The maximum atomic E-state index is 10.3. The summed E-state index contributed by atoms with van der Waals surface area (Å²) in [5, 5.41) is 9.69. The first-order valence-corrected chi connectivity index (χ1v) is 4.57. The second kappa shape index (κ2) is 5.36. The minimum absolute atomic E-state index is 0.0452. The van der Waals surface area contributed by atoms with Crippen molar-refractivity contribution in [1.29, 1.82) is 0 Å². The van der Waals surface area contributed by atoms with E-state index in [9.17, 15) is 9.90 Å². The molecule has 4 heteroatoms. The van der Waals surface area contributed by atoms with Crippen LogP contribution >= 0.6 is 0 Å². The van der Waals surface area contributed by atoms with Crippen molar-refractivity contribution in [3.05, 3.63) is 23.8 Å². The number of carbonyl (C=O) groups excluding carboxylic acids is 1. The summed E-state index contributed by atoms with van der Waals surface area (Å²) in [4.78, 5) is 10.3. The van der Waals surface area contributed by atoms with Crippen LogP contribution in [0.15, 0.2) is 18.2 Å². The van der Waals surface area contributed by atoms with Gasteiger partial charge in [-0.2, -0.15) is 0 Å². The average molecular weight is 210 g/mol. The third-order valence-electron chi connectivity index (χ3n) is 2.11. The lowest BCUT2D eigenvalue weighted by atomic mass is 10.1. The molecule has 0 aliphatic carbocycles. The van der Waals surface area contributed by atoms with Crippen molar-refractivity contribution >= 4 is 6.29 Å². The quantitative estimate of drug-likeness (QED) is 0.745. The molecular weight excluding hydrogens is 196 g/mol. The number of carbonyl (C=O) groups is 1. The summed E-state index contributed by atoms with van der Waals surface area (Å²) in [6.45, 7) is 0. The van der Waals surface area contributed by atoms with Gasteiger partial charge in [-0.3, -0.25) is 0 Å². The van der Waals surface area contributed by atoms with E-state index in [0.717, 1.165) is 0 Å². The highest BCUT2D eigenvalue weighted by Gasteiger charge is 2.16. The van der Waals surface area contributed by atoms with E-state index in [1.54, 1.807) is 18.2 Å². The molecule has 0 bridgehead atoms. The normalized spacial score (nSPS) is 11.9. The summed E-state index contributed by atoms with van der Waals surface area (Å²) < 4.78 is 10.2. The van der Waals surface area contributed by atoms with Gasteiger partial charge in [0.15, 0.2) is 11.5 Å². The number of methoxy groups -OCH3 is 2. The van der Waals surface area contributed by atoms with Gasteiger partial charge in [-0.15, -0.1) is 0 Å². The number of para-hydroxylation sites is 1. The molecule has 0 heterocycles. The van der Waals surface area contributed by atoms with Gasteiger partial charge in [-0.25, -0.2) is 0 Å². The van der Waals surface area contributed by atoms with Crippen molar-refractivity contribution in [3.8, 4) is 11.5 Å².